The van der Waals surface area contributed by atoms with E-state index in [1.165, 1.54) is 25.7 Å². The van der Waals surface area contributed by atoms with E-state index in [9.17, 15) is 9.59 Å². The fraction of sp³-hybridized carbons (Fsp3) is 0.750. The molecule has 3 nitrogen and oxygen atoms in total. The van der Waals surface area contributed by atoms with Crippen molar-refractivity contribution in [1.29, 1.82) is 0 Å². The molecular weight excluding hydrogens is 238 g/mol. The van der Waals surface area contributed by atoms with E-state index >= 15 is 0 Å². The molecule has 0 aromatic heterocycles. The van der Waals surface area contributed by atoms with Gasteiger partial charge in [0.1, 0.15) is 0 Å². The highest BCUT2D eigenvalue weighted by Crippen LogP contribution is 2.26. The van der Waals surface area contributed by atoms with Crippen molar-refractivity contribution in [2.24, 2.45) is 11.8 Å². The van der Waals surface area contributed by atoms with Crippen LogP contribution in [0.2, 0.25) is 0 Å². The minimum atomic E-state index is -0.231. The Hall–Kier alpha value is -1.12. The Morgan fingerprint density at radius 3 is 2.42 bits per heavy atom. The minimum Gasteiger partial charge on any atom is -0.296 e. The van der Waals surface area contributed by atoms with Crippen LogP contribution in [0.15, 0.2) is 12.2 Å². The molecule has 3 heteroatoms. The number of rotatable bonds is 9. The third-order valence-corrected chi connectivity index (χ3v) is 3.76. The van der Waals surface area contributed by atoms with Gasteiger partial charge >= 0.3 is 0 Å². The molecule has 1 aliphatic heterocycles. The van der Waals surface area contributed by atoms with Crippen molar-refractivity contribution in [3.63, 3.8) is 0 Å². The van der Waals surface area contributed by atoms with Gasteiger partial charge in [0.15, 0.2) is 0 Å². The third kappa shape index (κ3) is 5.17. The standard InChI is InChI=1S/C16H27NO2/c1-3-5-7-8-9-10-12-14-13(11-6-4-2)15(18)17-16(14)19/h10,12-14H,3-9,11H2,1-2H3,(H,17,18,19). The summed E-state index contributed by atoms with van der Waals surface area (Å²) in [6, 6.07) is 0. The lowest BCUT2D eigenvalue weighted by atomic mass is 9.89. The molecule has 0 aliphatic carbocycles. The molecule has 0 bridgehead atoms. The fourth-order valence-electron chi connectivity index (χ4n) is 2.53. The summed E-state index contributed by atoms with van der Waals surface area (Å²) in [6.07, 6.45) is 12.9. The number of carbonyl (C=O) groups is 2. The van der Waals surface area contributed by atoms with Crippen LogP contribution >= 0.6 is 0 Å². The maximum absolute atomic E-state index is 11.7. The van der Waals surface area contributed by atoms with Crippen LogP contribution in [0.1, 0.15) is 65.2 Å². The topological polar surface area (TPSA) is 46.2 Å². The lowest BCUT2D eigenvalue weighted by Gasteiger charge is -2.10. The molecule has 1 fully saturated rings. The zero-order valence-electron chi connectivity index (χ0n) is 12.3. The second kappa shape index (κ2) is 8.89. The number of imide groups is 1. The van der Waals surface area contributed by atoms with Crippen molar-refractivity contribution >= 4 is 11.8 Å². The maximum atomic E-state index is 11.7. The van der Waals surface area contributed by atoms with E-state index in [1.807, 2.05) is 6.08 Å². The fourth-order valence-corrected chi connectivity index (χ4v) is 2.53. The van der Waals surface area contributed by atoms with Gasteiger partial charge in [-0.15, -0.1) is 0 Å². The number of nitrogens with one attached hydrogen (secondary N) is 1. The molecule has 19 heavy (non-hydrogen) atoms. The second-order valence-electron chi connectivity index (χ2n) is 5.41. The Kier molecular flexibility index (Phi) is 7.46. The van der Waals surface area contributed by atoms with Crippen LogP contribution in [0.4, 0.5) is 0 Å². The monoisotopic (exact) mass is 265 g/mol. The molecule has 2 atom stereocenters. The summed E-state index contributed by atoms with van der Waals surface area (Å²) in [5.41, 5.74) is 0. The van der Waals surface area contributed by atoms with Crippen LogP contribution in [0.3, 0.4) is 0 Å². The first kappa shape index (κ1) is 15.9. The molecule has 0 spiro atoms. The van der Waals surface area contributed by atoms with Crippen molar-refractivity contribution < 1.29 is 9.59 Å². The molecule has 0 saturated carbocycles. The SMILES string of the molecule is CCCCCCC=CC1C(=O)NC(=O)C1CCCC. The van der Waals surface area contributed by atoms with E-state index in [0.717, 1.165) is 25.7 Å². The van der Waals surface area contributed by atoms with E-state index in [4.69, 9.17) is 0 Å². The van der Waals surface area contributed by atoms with Crippen molar-refractivity contribution in [3.8, 4) is 0 Å². The van der Waals surface area contributed by atoms with Gasteiger partial charge in [-0.2, -0.15) is 0 Å². The summed E-state index contributed by atoms with van der Waals surface area (Å²) < 4.78 is 0. The number of hydrogen-bond acceptors (Lipinski definition) is 2. The van der Waals surface area contributed by atoms with E-state index < -0.39 is 0 Å². The molecule has 1 rings (SSSR count). The quantitative estimate of drug-likeness (QED) is 0.393. The van der Waals surface area contributed by atoms with Crippen LogP contribution in [0.25, 0.3) is 0 Å². The highest BCUT2D eigenvalue weighted by molar-refractivity contribution is 6.05. The zero-order chi connectivity index (χ0) is 14.1. The smallest absolute Gasteiger partial charge is 0.234 e. The molecule has 0 aromatic carbocycles. The zero-order valence-corrected chi connectivity index (χ0v) is 12.3. The average molecular weight is 265 g/mol. The van der Waals surface area contributed by atoms with Gasteiger partial charge in [0, 0.05) is 0 Å². The number of allylic oxidation sites excluding steroid dienone is 1. The molecule has 108 valence electrons. The summed E-state index contributed by atoms with van der Waals surface area (Å²) in [6.45, 7) is 4.30. The molecular formula is C16H27NO2. The van der Waals surface area contributed by atoms with Crippen molar-refractivity contribution in [3.05, 3.63) is 12.2 Å². The van der Waals surface area contributed by atoms with Gasteiger partial charge in [0.25, 0.3) is 0 Å². The molecule has 2 unspecified atom stereocenters. The van der Waals surface area contributed by atoms with Gasteiger partial charge < -0.3 is 0 Å². The van der Waals surface area contributed by atoms with Crippen LogP contribution in [0.5, 0.6) is 0 Å². The predicted molar refractivity (Wildman–Crippen MR) is 77.6 cm³/mol. The van der Waals surface area contributed by atoms with E-state index in [1.54, 1.807) is 0 Å². The van der Waals surface area contributed by atoms with Gasteiger partial charge in [0.05, 0.1) is 11.8 Å². The number of hydrogen-bond donors (Lipinski definition) is 1. The van der Waals surface area contributed by atoms with Crippen LogP contribution in [0, 0.1) is 11.8 Å². The summed E-state index contributed by atoms with van der Waals surface area (Å²) in [7, 11) is 0. The van der Waals surface area contributed by atoms with Crippen molar-refractivity contribution in [1.82, 2.24) is 5.32 Å². The van der Waals surface area contributed by atoms with Crippen molar-refractivity contribution in [2.45, 2.75) is 65.2 Å². The van der Waals surface area contributed by atoms with E-state index in [2.05, 4.69) is 25.2 Å². The Balaban J connectivity index is 2.41. The molecule has 0 aromatic rings. The van der Waals surface area contributed by atoms with Gasteiger partial charge in [-0.05, 0) is 19.3 Å². The van der Waals surface area contributed by atoms with Crippen LogP contribution in [-0.4, -0.2) is 11.8 Å². The Morgan fingerprint density at radius 1 is 1.00 bits per heavy atom. The lowest BCUT2D eigenvalue weighted by Crippen LogP contribution is -2.22. The summed E-state index contributed by atoms with van der Waals surface area (Å²) in [5, 5.41) is 2.46. The Labute approximate surface area is 116 Å². The maximum Gasteiger partial charge on any atom is 0.234 e. The number of unbranched alkanes of at least 4 members (excludes halogenated alkanes) is 5. The molecule has 1 heterocycles. The molecule has 2 amide bonds. The number of amides is 2. The molecule has 1 N–H and O–H groups in total. The number of carbonyl (C=O) groups excluding carboxylic acids is 2. The normalized spacial score (nSPS) is 23.3. The molecule has 1 aliphatic rings. The van der Waals surface area contributed by atoms with E-state index in [-0.39, 0.29) is 23.7 Å². The summed E-state index contributed by atoms with van der Waals surface area (Å²) >= 11 is 0. The van der Waals surface area contributed by atoms with Gasteiger partial charge in [-0.1, -0.05) is 58.1 Å². The third-order valence-electron chi connectivity index (χ3n) is 3.76. The molecule has 1 saturated heterocycles. The van der Waals surface area contributed by atoms with Gasteiger partial charge in [-0.3, -0.25) is 14.9 Å². The largest absolute Gasteiger partial charge is 0.296 e. The molecule has 0 radical (unpaired) electrons. The minimum absolute atomic E-state index is 0.0842. The summed E-state index contributed by atoms with van der Waals surface area (Å²) in [5.74, 6) is -0.570. The first-order valence-corrected chi connectivity index (χ1v) is 7.72. The second-order valence-corrected chi connectivity index (χ2v) is 5.41. The van der Waals surface area contributed by atoms with E-state index in [0.29, 0.717) is 0 Å². The van der Waals surface area contributed by atoms with Gasteiger partial charge in [-0.25, -0.2) is 0 Å². The van der Waals surface area contributed by atoms with Crippen molar-refractivity contribution in [2.75, 3.05) is 0 Å². The first-order chi connectivity index (χ1) is 9.20. The highest BCUT2D eigenvalue weighted by Gasteiger charge is 2.38. The Bertz CT molecular complexity index is 323. The highest BCUT2D eigenvalue weighted by atomic mass is 16.2. The predicted octanol–water partition coefficient (Wildman–Crippen LogP) is 3.59. The van der Waals surface area contributed by atoms with Crippen LogP contribution in [-0.2, 0) is 9.59 Å². The average Bonchev–Trinajstić information content (AvgIpc) is 2.66. The summed E-state index contributed by atoms with van der Waals surface area (Å²) in [4.78, 5) is 23.5. The van der Waals surface area contributed by atoms with Crippen LogP contribution < -0.4 is 5.32 Å². The lowest BCUT2D eigenvalue weighted by molar-refractivity contribution is -0.126. The Morgan fingerprint density at radius 2 is 1.74 bits per heavy atom. The first-order valence-electron chi connectivity index (χ1n) is 7.72. The van der Waals surface area contributed by atoms with Gasteiger partial charge in [0.2, 0.25) is 11.8 Å².